The van der Waals surface area contributed by atoms with Gasteiger partial charge in [-0.2, -0.15) is 0 Å². The van der Waals surface area contributed by atoms with Crippen LogP contribution in [0.2, 0.25) is 5.02 Å². The highest BCUT2D eigenvalue weighted by atomic mass is 35.5. The summed E-state index contributed by atoms with van der Waals surface area (Å²) < 4.78 is 0. The molecule has 0 saturated carbocycles. The molecule has 5 nitrogen and oxygen atoms in total. The summed E-state index contributed by atoms with van der Waals surface area (Å²) in [7, 11) is 0. The molecule has 0 bridgehead atoms. The Kier molecular flexibility index (Phi) is 3.72. The molecular formula is C17H11ClN2O3. The van der Waals surface area contributed by atoms with Crippen LogP contribution in [-0.4, -0.2) is 22.6 Å². The van der Waals surface area contributed by atoms with Crippen molar-refractivity contribution in [2.45, 2.75) is 0 Å². The lowest BCUT2D eigenvalue weighted by Gasteiger charge is -2.08. The number of imide groups is 3. The number of halogens is 1. The molecule has 2 N–H and O–H groups in total. The van der Waals surface area contributed by atoms with Crippen LogP contribution in [0.1, 0.15) is 26.3 Å². The van der Waals surface area contributed by atoms with Crippen molar-refractivity contribution in [1.82, 2.24) is 4.90 Å². The Balaban J connectivity index is 1.88. The first-order valence-electron chi connectivity index (χ1n) is 6.74. The lowest BCUT2D eigenvalue weighted by molar-refractivity contribution is -0.121. The Hall–Kier alpha value is -2.92. The summed E-state index contributed by atoms with van der Waals surface area (Å²) in [5, 5.41) is 0.521. The Morgan fingerprint density at radius 2 is 1.83 bits per heavy atom. The van der Waals surface area contributed by atoms with Gasteiger partial charge in [-0.05, 0) is 35.9 Å². The van der Waals surface area contributed by atoms with Gasteiger partial charge in [-0.3, -0.25) is 14.4 Å². The smallest absolute Gasteiger partial charge is 0.270 e. The number of hydrogen-bond acceptors (Lipinski definition) is 4. The fourth-order valence-electron chi connectivity index (χ4n) is 2.36. The zero-order valence-electron chi connectivity index (χ0n) is 11.8. The first kappa shape index (κ1) is 15.0. The predicted octanol–water partition coefficient (Wildman–Crippen LogP) is 2.76. The second-order valence-corrected chi connectivity index (χ2v) is 5.38. The number of anilines is 1. The van der Waals surface area contributed by atoms with E-state index in [0.29, 0.717) is 15.5 Å². The Labute approximate surface area is 137 Å². The molecule has 1 aliphatic rings. The Morgan fingerprint density at radius 3 is 2.52 bits per heavy atom. The van der Waals surface area contributed by atoms with E-state index in [-0.39, 0.29) is 16.8 Å². The average molecular weight is 327 g/mol. The van der Waals surface area contributed by atoms with Crippen LogP contribution in [0.15, 0.2) is 48.5 Å². The van der Waals surface area contributed by atoms with Crippen molar-refractivity contribution in [3.63, 3.8) is 0 Å². The Bertz CT molecular complexity index is 874. The molecule has 23 heavy (non-hydrogen) atoms. The van der Waals surface area contributed by atoms with Crippen LogP contribution >= 0.6 is 11.6 Å². The minimum Gasteiger partial charge on any atom is -0.398 e. The van der Waals surface area contributed by atoms with Crippen LogP contribution in [0.3, 0.4) is 0 Å². The van der Waals surface area contributed by atoms with Gasteiger partial charge >= 0.3 is 0 Å². The molecule has 1 heterocycles. The molecule has 2 aromatic rings. The quantitative estimate of drug-likeness (QED) is 0.523. The van der Waals surface area contributed by atoms with E-state index in [4.69, 9.17) is 17.3 Å². The SMILES string of the molecule is Nc1cccc2c1C(=O)N(C(=O)C=Cc1cccc(Cl)c1)C2=O. The summed E-state index contributed by atoms with van der Waals surface area (Å²) in [6, 6.07) is 11.4. The van der Waals surface area contributed by atoms with Gasteiger partial charge in [-0.1, -0.05) is 29.8 Å². The third-order valence-electron chi connectivity index (χ3n) is 3.43. The van der Waals surface area contributed by atoms with Crippen molar-refractivity contribution in [3.05, 3.63) is 70.3 Å². The van der Waals surface area contributed by atoms with Crippen LogP contribution in [0, 0.1) is 0 Å². The zero-order valence-corrected chi connectivity index (χ0v) is 12.6. The van der Waals surface area contributed by atoms with Crippen molar-refractivity contribution < 1.29 is 14.4 Å². The van der Waals surface area contributed by atoms with Crippen LogP contribution in [-0.2, 0) is 4.79 Å². The highest BCUT2D eigenvalue weighted by Gasteiger charge is 2.40. The fraction of sp³-hybridized carbons (Fsp3) is 0. The van der Waals surface area contributed by atoms with E-state index in [1.807, 2.05) is 0 Å². The molecular weight excluding hydrogens is 316 g/mol. The van der Waals surface area contributed by atoms with Gasteiger partial charge in [0.2, 0.25) is 0 Å². The maximum absolute atomic E-state index is 12.3. The minimum absolute atomic E-state index is 0.0713. The molecule has 0 aliphatic carbocycles. The lowest BCUT2D eigenvalue weighted by Crippen LogP contribution is -2.34. The number of amides is 3. The summed E-state index contributed by atoms with van der Waals surface area (Å²) in [4.78, 5) is 37.3. The van der Waals surface area contributed by atoms with E-state index < -0.39 is 17.7 Å². The second-order valence-electron chi connectivity index (χ2n) is 4.94. The monoisotopic (exact) mass is 326 g/mol. The van der Waals surface area contributed by atoms with Crippen molar-refractivity contribution >= 4 is 41.1 Å². The molecule has 0 aromatic heterocycles. The molecule has 3 rings (SSSR count). The fourth-order valence-corrected chi connectivity index (χ4v) is 2.56. The molecule has 2 aromatic carbocycles. The van der Waals surface area contributed by atoms with Gasteiger partial charge in [0.15, 0.2) is 0 Å². The molecule has 0 radical (unpaired) electrons. The van der Waals surface area contributed by atoms with E-state index in [1.165, 1.54) is 18.2 Å². The van der Waals surface area contributed by atoms with E-state index in [9.17, 15) is 14.4 Å². The van der Waals surface area contributed by atoms with Crippen LogP contribution < -0.4 is 5.73 Å². The zero-order chi connectivity index (χ0) is 16.6. The number of carbonyl (C=O) groups is 3. The molecule has 0 saturated heterocycles. The van der Waals surface area contributed by atoms with E-state index >= 15 is 0 Å². The molecule has 0 atom stereocenters. The molecule has 0 fully saturated rings. The second kappa shape index (κ2) is 5.70. The van der Waals surface area contributed by atoms with Gasteiger partial charge < -0.3 is 5.73 Å². The molecule has 0 unspecified atom stereocenters. The number of benzene rings is 2. The average Bonchev–Trinajstić information content (AvgIpc) is 2.78. The summed E-state index contributed by atoms with van der Waals surface area (Å²) in [5.41, 5.74) is 6.79. The lowest BCUT2D eigenvalue weighted by atomic mass is 10.1. The summed E-state index contributed by atoms with van der Waals surface area (Å²) in [5.74, 6) is -2.10. The standard InChI is InChI=1S/C17H11ClN2O3/c18-11-4-1-3-10(9-11)7-8-14(21)20-16(22)12-5-2-6-13(19)15(12)17(20)23/h1-9H,19H2. The third kappa shape index (κ3) is 2.62. The predicted molar refractivity (Wildman–Crippen MR) is 86.8 cm³/mol. The number of nitrogen functional groups attached to an aromatic ring is 1. The maximum Gasteiger partial charge on any atom is 0.270 e. The van der Waals surface area contributed by atoms with Crippen LogP contribution in [0.5, 0.6) is 0 Å². The van der Waals surface area contributed by atoms with E-state index in [2.05, 4.69) is 0 Å². The largest absolute Gasteiger partial charge is 0.398 e. The van der Waals surface area contributed by atoms with Crippen molar-refractivity contribution in [1.29, 1.82) is 0 Å². The number of hydrogen-bond donors (Lipinski definition) is 1. The van der Waals surface area contributed by atoms with Crippen molar-refractivity contribution in [2.24, 2.45) is 0 Å². The van der Waals surface area contributed by atoms with Gasteiger partial charge in [-0.15, -0.1) is 0 Å². The summed E-state index contributed by atoms with van der Waals surface area (Å²) >= 11 is 5.86. The minimum atomic E-state index is -0.726. The number of rotatable bonds is 2. The van der Waals surface area contributed by atoms with E-state index in [1.54, 1.807) is 30.3 Å². The molecule has 3 amide bonds. The van der Waals surface area contributed by atoms with Gasteiger partial charge in [0.1, 0.15) is 0 Å². The number of nitrogens with zero attached hydrogens (tertiary/aromatic N) is 1. The molecule has 6 heteroatoms. The van der Waals surface area contributed by atoms with E-state index in [0.717, 1.165) is 6.08 Å². The highest BCUT2D eigenvalue weighted by molar-refractivity contribution is 6.32. The molecule has 114 valence electrons. The third-order valence-corrected chi connectivity index (χ3v) is 3.67. The normalized spacial score (nSPS) is 13.7. The van der Waals surface area contributed by atoms with Crippen LogP contribution in [0.25, 0.3) is 6.08 Å². The number of carbonyl (C=O) groups excluding carboxylic acids is 3. The topological polar surface area (TPSA) is 80.5 Å². The Morgan fingerprint density at radius 1 is 1.09 bits per heavy atom. The number of nitrogens with two attached hydrogens (primary N) is 1. The summed E-state index contributed by atoms with van der Waals surface area (Å²) in [6.45, 7) is 0. The first-order chi connectivity index (χ1) is 11.0. The summed E-state index contributed by atoms with van der Waals surface area (Å²) in [6.07, 6.45) is 2.64. The highest BCUT2D eigenvalue weighted by Crippen LogP contribution is 2.27. The maximum atomic E-state index is 12.3. The first-order valence-corrected chi connectivity index (χ1v) is 7.11. The van der Waals surface area contributed by atoms with Gasteiger partial charge in [0.05, 0.1) is 11.1 Å². The van der Waals surface area contributed by atoms with Gasteiger partial charge in [0, 0.05) is 16.8 Å². The van der Waals surface area contributed by atoms with Crippen LogP contribution in [0.4, 0.5) is 5.69 Å². The molecule has 0 spiro atoms. The van der Waals surface area contributed by atoms with Crippen molar-refractivity contribution in [2.75, 3.05) is 5.73 Å². The van der Waals surface area contributed by atoms with Gasteiger partial charge in [-0.25, -0.2) is 4.90 Å². The number of fused-ring (bicyclic) bond motifs is 1. The van der Waals surface area contributed by atoms with Crippen molar-refractivity contribution in [3.8, 4) is 0 Å². The molecule has 1 aliphatic heterocycles. The van der Waals surface area contributed by atoms with Gasteiger partial charge in [0.25, 0.3) is 17.7 Å².